The van der Waals surface area contributed by atoms with Crippen molar-refractivity contribution in [1.82, 2.24) is 0 Å². The van der Waals surface area contributed by atoms with Gasteiger partial charge < -0.3 is 38.0 Å². The number of ether oxygens (including phenoxy) is 6. The van der Waals surface area contributed by atoms with E-state index < -0.39 is 38.2 Å². The molecule has 1 spiro atoms. The van der Waals surface area contributed by atoms with Gasteiger partial charge in [0, 0.05) is 38.4 Å². The molecule has 0 radical (unpaired) electrons. The van der Waals surface area contributed by atoms with E-state index in [1.165, 1.54) is 12.5 Å². The summed E-state index contributed by atoms with van der Waals surface area (Å²) >= 11 is 0. The molecule has 0 aromatic heterocycles. The minimum absolute atomic E-state index is 0.0173. The quantitative estimate of drug-likeness (QED) is 0.0731. The van der Waals surface area contributed by atoms with Crippen LogP contribution in [0.2, 0.25) is 18.1 Å². The molecule has 2 aromatic rings. The zero-order chi connectivity index (χ0) is 35.4. The van der Waals surface area contributed by atoms with Gasteiger partial charge in [-0.2, -0.15) is 0 Å². The fourth-order valence-electron chi connectivity index (χ4n) is 6.74. The molecule has 5 atom stereocenters. The molecule has 268 valence electrons. The molecule has 1 N–H and O–H groups in total. The lowest BCUT2D eigenvalue weighted by Gasteiger charge is -2.44. The maximum Gasteiger partial charge on any atom is 0.347 e. The number of hydrogen-bond donors (Lipinski definition) is 1. The molecule has 0 bridgehead atoms. The number of cyclic esters (lactones) is 1. The van der Waals surface area contributed by atoms with E-state index in [9.17, 15) is 9.90 Å². The first-order valence-corrected chi connectivity index (χ1v) is 20.4. The van der Waals surface area contributed by atoms with Crippen molar-refractivity contribution < 1.29 is 42.7 Å². The van der Waals surface area contributed by atoms with Crippen LogP contribution in [0, 0.1) is 5.92 Å². The zero-order valence-electron chi connectivity index (χ0n) is 30.2. The number of benzene rings is 2. The number of carbonyl (C=O) groups is 1. The molecule has 1 aliphatic carbocycles. The number of phenols is 1. The molecule has 3 aliphatic rings. The summed E-state index contributed by atoms with van der Waals surface area (Å²) in [7, 11) is -0.660. The van der Waals surface area contributed by atoms with Crippen molar-refractivity contribution in [3.8, 4) is 11.5 Å². The highest BCUT2D eigenvalue weighted by Gasteiger charge is 2.53. The lowest BCUT2D eigenvalue weighted by atomic mass is 9.90. The number of allylic oxidation sites excluding steroid dienone is 1. The number of hydrogen-bond acceptors (Lipinski definition) is 9. The van der Waals surface area contributed by atoms with Crippen LogP contribution in [0.4, 0.5) is 0 Å². The normalized spacial score (nSPS) is 23.5. The molecular formula is C39H54O9Si. The summed E-state index contributed by atoms with van der Waals surface area (Å²) in [6.45, 7) is 17.7. The van der Waals surface area contributed by atoms with Gasteiger partial charge in [-0.25, -0.2) is 4.79 Å². The maximum absolute atomic E-state index is 13.2. The fourth-order valence-corrected chi connectivity index (χ4v) is 8.05. The SMILES string of the molecule is C=C[C@@H](/C=C1/Cc2cc(OCOCc3ccccc3)cc(O)c2C(=O)O1)[C@H](OC)[C@@H](O[Si](C)(C)C(C)(C)C)[C@H]1OC2(CCCCC2)O[C@@H]1C. The van der Waals surface area contributed by atoms with Crippen molar-refractivity contribution in [1.29, 1.82) is 0 Å². The summed E-state index contributed by atoms with van der Waals surface area (Å²) in [5, 5.41) is 10.7. The Morgan fingerprint density at radius 3 is 2.47 bits per heavy atom. The average Bonchev–Trinajstić information content (AvgIpc) is 3.36. The van der Waals surface area contributed by atoms with Crippen LogP contribution >= 0.6 is 0 Å². The van der Waals surface area contributed by atoms with Gasteiger partial charge in [0.1, 0.15) is 35.0 Å². The van der Waals surface area contributed by atoms with Gasteiger partial charge >= 0.3 is 5.97 Å². The van der Waals surface area contributed by atoms with Crippen molar-refractivity contribution in [2.24, 2.45) is 5.92 Å². The first kappa shape index (κ1) is 37.3. The third-order valence-corrected chi connectivity index (χ3v) is 14.9. The Hall–Kier alpha value is -2.99. The van der Waals surface area contributed by atoms with E-state index in [1.807, 2.05) is 36.4 Å². The molecule has 2 fully saturated rings. The smallest absolute Gasteiger partial charge is 0.347 e. The third-order valence-electron chi connectivity index (χ3n) is 10.4. The van der Waals surface area contributed by atoms with Crippen LogP contribution in [0.3, 0.4) is 0 Å². The summed E-state index contributed by atoms with van der Waals surface area (Å²) in [5.74, 6) is -1.03. The first-order chi connectivity index (χ1) is 23.3. The van der Waals surface area contributed by atoms with Crippen LogP contribution in [0.25, 0.3) is 0 Å². The van der Waals surface area contributed by atoms with Crippen LogP contribution in [-0.4, -0.2) is 63.5 Å². The molecule has 2 aromatic carbocycles. The van der Waals surface area contributed by atoms with Crippen LogP contribution in [0.15, 0.2) is 67.0 Å². The summed E-state index contributed by atoms with van der Waals surface area (Å²) in [6, 6.07) is 12.9. The highest BCUT2D eigenvalue weighted by molar-refractivity contribution is 6.74. The second-order valence-electron chi connectivity index (χ2n) is 15.0. The van der Waals surface area contributed by atoms with Crippen LogP contribution < -0.4 is 4.74 Å². The Morgan fingerprint density at radius 2 is 1.82 bits per heavy atom. The summed E-state index contributed by atoms with van der Waals surface area (Å²) in [6.07, 6.45) is 7.39. The van der Waals surface area contributed by atoms with Gasteiger partial charge in [0.2, 0.25) is 0 Å². The van der Waals surface area contributed by atoms with Gasteiger partial charge in [0.15, 0.2) is 20.9 Å². The first-order valence-electron chi connectivity index (χ1n) is 17.5. The number of carbonyl (C=O) groups excluding carboxylic acids is 1. The molecule has 1 saturated heterocycles. The second kappa shape index (κ2) is 15.5. The number of methoxy groups -OCH3 is 1. The Bertz CT molecular complexity index is 1480. The molecule has 2 heterocycles. The summed E-state index contributed by atoms with van der Waals surface area (Å²) < 4.78 is 44.1. The molecule has 9 nitrogen and oxygen atoms in total. The highest BCUT2D eigenvalue weighted by atomic mass is 28.4. The molecule has 10 heteroatoms. The lowest BCUT2D eigenvalue weighted by molar-refractivity contribution is -0.204. The van der Waals surface area contributed by atoms with Crippen molar-refractivity contribution >= 4 is 14.3 Å². The number of fused-ring (bicyclic) bond motifs is 1. The number of rotatable bonds is 13. The van der Waals surface area contributed by atoms with Crippen molar-refractivity contribution in [3.05, 3.63) is 83.6 Å². The monoisotopic (exact) mass is 694 g/mol. The molecule has 0 amide bonds. The van der Waals surface area contributed by atoms with Crippen molar-refractivity contribution in [2.45, 2.75) is 121 Å². The van der Waals surface area contributed by atoms with Crippen LogP contribution in [-0.2, 0) is 41.1 Å². The fraction of sp³-hybridized carbons (Fsp3) is 0.564. The standard InChI is InChI=1S/C39H54O9Si/c1-9-28(35(42-6)36(48-49(7,8)38(3,4)5)34-26(2)46-39(47-34)18-14-11-15-19-39)20-31-22-29-21-30(23-32(40)33(29)37(41)45-31)44-25-43-24-27-16-12-10-13-17-27/h9-10,12-13,16-17,20-21,23,26,28,34-36,40H,1,11,14-15,18-19,22,24-25H2,2-8H3/b31-20-/t26-,28+,34+,35+,36+/m1/s1. The summed E-state index contributed by atoms with van der Waals surface area (Å²) in [4.78, 5) is 13.2. The largest absolute Gasteiger partial charge is 0.507 e. The van der Waals surface area contributed by atoms with Gasteiger partial charge in [-0.05, 0) is 61.2 Å². The predicted octanol–water partition coefficient (Wildman–Crippen LogP) is 8.21. The van der Waals surface area contributed by atoms with E-state index in [0.717, 1.165) is 31.2 Å². The Labute approximate surface area is 292 Å². The Balaban J connectivity index is 1.38. The third kappa shape index (κ3) is 8.67. The van der Waals surface area contributed by atoms with E-state index in [2.05, 4.69) is 47.4 Å². The van der Waals surface area contributed by atoms with Crippen LogP contribution in [0.5, 0.6) is 11.5 Å². The minimum atomic E-state index is -2.33. The molecule has 5 rings (SSSR count). The second-order valence-corrected chi connectivity index (χ2v) is 19.8. The van der Waals surface area contributed by atoms with Crippen molar-refractivity contribution in [2.75, 3.05) is 13.9 Å². The van der Waals surface area contributed by atoms with Gasteiger partial charge in [-0.1, -0.05) is 63.6 Å². The average molecular weight is 695 g/mol. The Morgan fingerprint density at radius 1 is 1.10 bits per heavy atom. The predicted molar refractivity (Wildman–Crippen MR) is 190 cm³/mol. The van der Waals surface area contributed by atoms with E-state index in [0.29, 0.717) is 23.7 Å². The van der Waals surface area contributed by atoms with Gasteiger partial charge in [-0.3, -0.25) is 0 Å². The molecule has 0 unspecified atom stereocenters. The lowest BCUT2D eigenvalue weighted by Crippen LogP contribution is -2.55. The Kier molecular flexibility index (Phi) is 11.8. The van der Waals surface area contributed by atoms with Gasteiger partial charge in [-0.15, -0.1) is 6.58 Å². The van der Waals surface area contributed by atoms with E-state index >= 15 is 0 Å². The zero-order valence-corrected chi connectivity index (χ0v) is 31.2. The van der Waals surface area contributed by atoms with Crippen LogP contribution in [0.1, 0.15) is 81.3 Å². The van der Waals surface area contributed by atoms with Gasteiger partial charge in [0.25, 0.3) is 0 Å². The highest BCUT2D eigenvalue weighted by Crippen LogP contribution is 2.45. The number of esters is 1. The minimum Gasteiger partial charge on any atom is -0.507 e. The molecule has 2 aliphatic heterocycles. The van der Waals surface area contributed by atoms with E-state index in [4.69, 9.17) is 32.8 Å². The number of phenolic OH excluding ortho intramolecular Hbond substituents is 1. The molecule has 49 heavy (non-hydrogen) atoms. The maximum atomic E-state index is 13.2. The van der Waals surface area contributed by atoms with Gasteiger partial charge in [0.05, 0.1) is 18.8 Å². The topological polar surface area (TPSA) is 102 Å². The number of aromatic hydroxyl groups is 1. The molecule has 1 saturated carbocycles. The molecular weight excluding hydrogens is 641 g/mol. The van der Waals surface area contributed by atoms with E-state index in [1.54, 1.807) is 19.3 Å². The summed E-state index contributed by atoms with van der Waals surface area (Å²) in [5.41, 5.74) is 1.73. The van der Waals surface area contributed by atoms with E-state index in [-0.39, 0.29) is 41.8 Å². The van der Waals surface area contributed by atoms with Crippen molar-refractivity contribution in [3.63, 3.8) is 0 Å².